The maximum atomic E-state index is 13.7. The van der Waals surface area contributed by atoms with Gasteiger partial charge in [-0.1, -0.05) is 12.1 Å². The lowest BCUT2D eigenvalue weighted by Gasteiger charge is -2.32. The molecule has 0 aliphatic carbocycles. The average molecular weight is 528 g/mol. The fourth-order valence-corrected chi connectivity index (χ4v) is 5.43. The third kappa shape index (κ3) is 4.83. The molecule has 4 aromatic rings. The largest absolute Gasteiger partial charge is 0.348 e. The zero-order chi connectivity index (χ0) is 27.1. The predicted octanol–water partition coefficient (Wildman–Crippen LogP) is 3.79. The number of nitrogens with one attached hydrogen (secondary N) is 2. The number of imidazole rings is 1. The number of pyridine rings is 2. The molecular weight excluding hydrogens is 497 g/mol. The monoisotopic (exact) mass is 527 g/mol. The van der Waals surface area contributed by atoms with Crippen molar-refractivity contribution < 1.29 is 14.0 Å². The number of aromatic nitrogens is 3. The Balaban J connectivity index is 1.20. The van der Waals surface area contributed by atoms with Crippen molar-refractivity contribution in [2.24, 2.45) is 0 Å². The standard InChI is InChI=1S/C29H30FN7O2/c1-35(2)11-12-36-9-7-18(13-27(36)38)19-3-6-25(31-15-19)34-23-5-4-21(22-16-33-29(39)28(22)23)24-17-32-26-14-20(30)8-10-37(24)26/h3-6,8,10,14-15,17-18H,7,9,11-13,16H2,1-2H3,(H,31,34)(H,33,39). The first-order valence-electron chi connectivity index (χ1n) is 13.1. The number of likely N-dealkylation sites (tertiary alicyclic amines) is 1. The summed E-state index contributed by atoms with van der Waals surface area (Å²) in [6.45, 7) is 2.76. The van der Waals surface area contributed by atoms with Crippen molar-refractivity contribution >= 4 is 29.0 Å². The van der Waals surface area contributed by atoms with E-state index in [-0.39, 0.29) is 23.5 Å². The third-order valence-corrected chi connectivity index (χ3v) is 7.58. The SMILES string of the molecule is CN(C)CCN1CCC(c2ccc(Nc3ccc(-c4cnc5cc(F)ccn45)c4c3C(=O)NC4)nc2)CC1=O. The van der Waals surface area contributed by atoms with Gasteiger partial charge in [-0.05, 0) is 55.8 Å². The van der Waals surface area contributed by atoms with Crippen LogP contribution < -0.4 is 10.6 Å². The van der Waals surface area contributed by atoms with Crippen molar-refractivity contribution in [3.63, 3.8) is 0 Å². The molecule has 1 unspecified atom stereocenters. The van der Waals surface area contributed by atoms with Gasteiger partial charge in [0.1, 0.15) is 17.3 Å². The molecule has 3 aromatic heterocycles. The minimum Gasteiger partial charge on any atom is -0.348 e. The first-order valence-corrected chi connectivity index (χ1v) is 13.1. The number of rotatable bonds is 7. The highest BCUT2D eigenvalue weighted by Crippen LogP contribution is 2.36. The molecule has 9 nitrogen and oxygen atoms in total. The highest BCUT2D eigenvalue weighted by atomic mass is 19.1. The van der Waals surface area contributed by atoms with E-state index in [1.54, 1.807) is 12.4 Å². The summed E-state index contributed by atoms with van der Waals surface area (Å²) in [5.74, 6) is 0.451. The fourth-order valence-electron chi connectivity index (χ4n) is 5.43. The van der Waals surface area contributed by atoms with E-state index in [1.807, 2.05) is 53.9 Å². The number of halogens is 1. The Kier molecular flexibility index (Phi) is 6.48. The summed E-state index contributed by atoms with van der Waals surface area (Å²) < 4.78 is 15.5. The van der Waals surface area contributed by atoms with E-state index in [1.165, 1.54) is 12.1 Å². The lowest BCUT2D eigenvalue weighted by Crippen LogP contribution is -2.41. The van der Waals surface area contributed by atoms with E-state index in [9.17, 15) is 14.0 Å². The number of carbonyl (C=O) groups is 2. The van der Waals surface area contributed by atoms with E-state index in [4.69, 9.17) is 0 Å². The van der Waals surface area contributed by atoms with Crippen LogP contribution in [0.15, 0.2) is 55.0 Å². The second kappa shape index (κ2) is 10.1. The molecule has 0 spiro atoms. The maximum absolute atomic E-state index is 13.7. The molecule has 39 heavy (non-hydrogen) atoms. The summed E-state index contributed by atoms with van der Waals surface area (Å²) in [6.07, 6.45) is 6.56. The zero-order valence-electron chi connectivity index (χ0n) is 21.9. The van der Waals surface area contributed by atoms with Crippen molar-refractivity contribution in [3.05, 3.63) is 77.5 Å². The van der Waals surface area contributed by atoms with Gasteiger partial charge in [0.25, 0.3) is 5.91 Å². The lowest BCUT2D eigenvalue weighted by atomic mass is 9.90. The molecule has 0 radical (unpaired) electrons. The molecule has 1 aromatic carbocycles. The Labute approximate surface area is 225 Å². The van der Waals surface area contributed by atoms with Gasteiger partial charge in [0.15, 0.2) is 0 Å². The summed E-state index contributed by atoms with van der Waals surface area (Å²) >= 11 is 0. The number of fused-ring (bicyclic) bond motifs is 2. The molecule has 200 valence electrons. The van der Waals surface area contributed by atoms with Crippen LogP contribution in [0.2, 0.25) is 0 Å². The van der Waals surface area contributed by atoms with E-state index in [0.717, 1.165) is 48.4 Å². The van der Waals surface area contributed by atoms with Crippen LogP contribution in [0.1, 0.15) is 40.2 Å². The van der Waals surface area contributed by atoms with Crippen molar-refractivity contribution in [1.82, 2.24) is 29.5 Å². The Morgan fingerprint density at radius 3 is 2.77 bits per heavy atom. The molecule has 0 saturated carbocycles. The van der Waals surface area contributed by atoms with Gasteiger partial charge in [0.05, 0.1) is 23.1 Å². The molecule has 6 rings (SSSR count). The van der Waals surface area contributed by atoms with Crippen molar-refractivity contribution in [3.8, 4) is 11.3 Å². The number of hydrogen-bond donors (Lipinski definition) is 2. The van der Waals surface area contributed by atoms with Gasteiger partial charge in [0, 0.05) is 56.6 Å². The Morgan fingerprint density at radius 1 is 1.13 bits per heavy atom. The minimum absolute atomic E-state index is 0.155. The van der Waals surface area contributed by atoms with Crippen LogP contribution in [0.3, 0.4) is 0 Å². The van der Waals surface area contributed by atoms with Crippen LogP contribution in [-0.4, -0.2) is 69.7 Å². The van der Waals surface area contributed by atoms with Gasteiger partial charge >= 0.3 is 0 Å². The van der Waals surface area contributed by atoms with E-state index in [2.05, 4.69) is 25.5 Å². The summed E-state index contributed by atoms with van der Waals surface area (Å²) in [4.78, 5) is 38.4. The zero-order valence-corrected chi connectivity index (χ0v) is 21.9. The van der Waals surface area contributed by atoms with Crippen LogP contribution in [-0.2, 0) is 11.3 Å². The first kappa shape index (κ1) is 25.0. The van der Waals surface area contributed by atoms with E-state index < -0.39 is 0 Å². The number of hydrogen-bond acceptors (Lipinski definition) is 6. The summed E-state index contributed by atoms with van der Waals surface area (Å²) in [7, 11) is 4.02. The van der Waals surface area contributed by atoms with Gasteiger partial charge < -0.3 is 20.4 Å². The summed E-state index contributed by atoms with van der Waals surface area (Å²) in [6, 6.07) is 10.5. The maximum Gasteiger partial charge on any atom is 0.254 e. The number of anilines is 2. The quantitative estimate of drug-likeness (QED) is 0.380. The summed E-state index contributed by atoms with van der Waals surface area (Å²) in [5, 5.41) is 6.22. The van der Waals surface area contributed by atoms with Gasteiger partial charge in [0.2, 0.25) is 5.91 Å². The van der Waals surface area contributed by atoms with E-state index in [0.29, 0.717) is 35.7 Å². The molecule has 2 N–H and O–H groups in total. The Bertz CT molecular complexity index is 1560. The molecule has 1 fully saturated rings. The molecule has 2 amide bonds. The molecule has 2 aliphatic heterocycles. The van der Waals surface area contributed by atoms with Crippen LogP contribution in [0.5, 0.6) is 0 Å². The molecule has 1 atom stereocenters. The minimum atomic E-state index is -0.350. The van der Waals surface area contributed by atoms with Gasteiger partial charge in [-0.2, -0.15) is 0 Å². The van der Waals surface area contributed by atoms with Crippen LogP contribution in [0.25, 0.3) is 16.9 Å². The number of benzene rings is 1. The van der Waals surface area contributed by atoms with Gasteiger partial charge in [-0.25, -0.2) is 14.4 Å². The normalized spacial score (nSPS) is 17.1. The van der Waals surface area contributed by atoms with Crippen molar-refractivity contribution in [2.45, 2.75) is 25.3 Å². The number of likely N-dealkylation sites (N-methyl/N-ethyl adjacent to an activating group) is 1. The number of nitrogens with zero attached hydrogens (tertiary/aromatic N) is 5. The van der Waals surface area contributed by atoms with Crippen molar-refractivity contribution in [2.75, 3.05) is 39.0 Å². The highest BCUT2D eigenvalue weighted by Gasteiger charge is 2.28. The van der Waals surface area contributed by atoms with Gasteiger partial charge in [-0.3, -0.25) is 14.0 Å². The number of amides is 2. The topological polar surface area (TPSA) is 94.9 Å². The second-order valence-corrected chi connectivity index (χ2v) is 10.4. The Hall–Kier alpha value is -4.31. The van der Waals surface area contributed by atoms with Crippen LogP contribution in [0.4, 0.5) is 15.9 Å². The fraction of sp³-hybridized carbons (Fsp3) is 0.310. The molecule has 0 bridgehead atoms. The lowest BCUT2D eigenvalue weighted by molar-refractivity contribution is -0.134. The molecule has 5 heterocycles. The Morgan fingerprint density at radius 2 is 2.00 bits per heavy atom. The third-order valence-electron chi connectivity index (χ3n) is 7.58. The predicted molar refractivity (Wildman–Crippen MR) is 146 cm³/mol. The molecular formula is C29H30FN7O2. The molecule has 10 heteroatoms. The van der Waals surface area contributed by atoms with Gasteiger partial charge in [-0.15, -0.1) is 0 Å². The van der Waals surface area contributed by atoms with Crippen LogP contribution in [0, 0.1) is 5.82 Å². The molecule has 2 aliphatic rings. The van der Waals surface area contributed by atoms with E-state index >= 15 is 0 Å². The van der Waals surface area contributed by atoms with Crippen molar-refractivity contribution in [1.29, 1.82) is 0 Å². The number of piperidine rings is 1. The average Bonchev–Trinajstić information content (AvgIpc) is 3.52. The highest BCUT2D eigenvalue weighted by molar-refractivity contribution is 6.06. The first-order chi connectivity index (χ1) is 18.9. The second-order valence-electron chi connectivity index (χ2n) is 10.4. The number of carbonyl (C=O) groups excluding carboxylic acids is 2. The molecule has 1 saturated heterocycles. The summed E-state index contributed by atoms with van der Waals surface area (Å²) in [5.41, 5.74) is 5.27. The van der Waals surface area contributed by atoms with Crippen LogP contribution >= 0.6 is 0 Å². The smallest absolute Gasteiger partial charge is 0.254 e.